The van der Waals surface area contributed by atoms with E-state index in [-0.39, 0.29) is 23.9 Å². The fraction of sp³-hybridized carbons (Fsp3) is 0.538. The summed E-state index contributed by atoms with van der Waals surface area (Å²) in [4.78, 5) is 17.1. The highest BCUT2D eigenvalue weighted by Gasteiger charge is 2.23. The molecule has 0 saturated heterocycles. The Morgan fingerprint density at radius 3 is 2.83 bits per heavy atom. The number of methoxy groups -OCH3 is 1. The van der Waals surface area contributed by atoms with E-state index in [9.17, 15) is 13.6 Å². The Bertz CT molecular complexity index is 1010. The fourth-order valence-corrected chi connectivity index (χ4v) is 4.48. The van der Waals surface area contributed by atoms with Crippen LogP contribution < -0.4 is 16.0 Å². The van der Waals surface area contributed by atoms with Crippen molar-refractivity contribution in [2.24, 2.45) is 5.92 Å². The number of nitrogens with one attached hydrogen (secondary N) is 3. The molecule has 0 aliphatic heterocycles. The van der Waals surface area contributed by atoms with Crippen LogP contribution in [0.2, 0.25) is 0 Å². The summed E-state index contributed by atoms with van der Waals surface area (Å²) < 4.78 is 34.6. The van der Waals surface area contributed by atoms with Crippen LogP contribution in [0.4, 0.5) is 14.6 Å². The summed E-state index contributed by atoms with van der Waals surface area (Å²) in [5.74, 6) is -0.163. The van der Waals surface area contributed by atoms with Gasteiger partial charge < -0.3 is 25.3 Å². The standard InChI is InChI=1S/C26H37F2N5O2/c1-5-18(15-35-4)13-30-26(34)24(6-2)33-14-25(31-16-33)32-17(3)12-29-21-8-7-19-9-20(27)10-23(28)22(19)11-21/h9-10,14,16,18,21,24,29,32H,3,5-8,11-13,15H2,1-2,4H3,(H,30,34)/t18-,21?,24-/m0/s1. The van der Waals surface area contributed by atoms with Crippen molar-refractivity contribution in [2.75, 3.05) is 32.1 Å². The van der Waals surface area contributed by atoms with Crippen molar-refractivity contribution in [2.45, 2.75) is 58.0 Å². The van der Waals surface area contributed by atoms with E-state index in [4.69, 9.17) is 4.74 Å². The van der Waals surface area contributed by atoms with Gasteiger partial charge in [0, 0.05) is 44.2 Å². The number of ether oxygens (including phenoxy) is 1. The maximum atomic E-state index is 14.1. The summed E-state index contributed by atoms with van der Waals surface area (Å²) in [7, 11) is 1.67. The minimum Gasteiger partial charge on any atom is -0.384 e. The molecule has 1 aliphatic carbocycles. The molecule has 1 aromatic heterocycles. The zero-order chi connectivity index (χ0) is 25.4. The predicted molar refractivity (Wildman–Crippen MR) is 133 cm³/mol. The van der Waals surface area contributed by atoms with Crippen molar-refractivity contribution >= 4 is 11.7 Å². The van der Waals surface area contributed by atoms with Crippen LogP contribution in [0.25, 0.3) is 0 Å². The Morgan fingerprint density at radius 1 is 1.31 bits per heavy atom. The molecule has 3 rings (SSSR count). The van der Waals surface area contributed by atoms with Crippen molar-refractivity contribution in [3.8, 4) is 0 Å². The fourth-order valence-electron chi connectivity index (χ4n) is 4.48. The summed E-state index contributed by atoms with van der Waals surface area (Å²) in [6.07, 6.45) is 6.95. The van der Waals surface area contributed by atoms with Crippen molar-refractivity contribution in [1.29, 1.82) is 0 Å². The van der Waals surface area contributed by atoms with Gasteiger partial charge in [0.25, 0.3) is 0 Å². The lowest BCUT2D eigenvalue weighted by Gasteiger charge is -2.26. The van der Waals surface area contributed by atoms with E-state index >= 15 is 0 Å². The highest BCUT2D eigenvalue weighted by Crippen LogP contribution is 2.25. The first-order valence-corrected chi connectivity index (χ1v) is 12.3. The van der Waals surface area contributed by atoms with Crippen LogP contribution in [0.5, 0.6) is 0 Å². The lowest BCUT2D eigenvalue weighted by atomic mass is 9.88. The zero-order valence-corrected chi connectivity index (χ0v) is 20.9. The third kappa shape index (κ3) is 7.35. The van der Waals surface area contributed by atoms with Crippen LogP contribution in [0.15, 0.2) is 36.9 Å². The third-order valence-corrected chi connectivity index (χ3v) is 6.57. The van der Waals surface area contributed by atoms with Crippen LogP contribution >= 0.6 is 0 Å². The molecule has 2 aromatic rings. The number of halogens is 2. The number of benzene rings is 1. The van der Waals surface area contributed by atoms with Gasteiger partial charge >= 0.3 is 0 Å². The molecule has 1 amide bonds. The van der Waals surface area contributed by atoms with E-state index < -0.39 is 11.6 Å². The van der Waals surface area contributed by atoms with Crippen molar-refractivity contribution in [1.82, 2.24) is 20.2 Å². The molecule has 0 radical (unpaired) electrons. The number of anilines is 1. The molecule has 3 atom stereocenters. The molecule has 0 spiro atoms. The van der Waals surface area contributed by atoms with Gasteiger partial charge in [-0.1, -0.05) is 20.4 Å². The second kappa shape index (κ2) is 12.8. The minimum atomic E-state index is -0.524. The first kappa shape index (κ1) is 26.8. The number of hydrogen-bond donors (Lipinski definition) is 3. The summed E-state index contributed by atoms with van der Waals surface area (Å²) in [5, 5.41) is 9.59. The quantitative estimate of drug-likeness (QED) is 0.397. The predicted octanol–water partition coefficient (Wildman–Crippen LogP) is 3.97. The number of fused-ring (bicyclic) bond motifs is 1. The van der Waals surface area contributed by atoms with E-state index in [1.54, 1.807) is 24.2 Å². The van der Waals surface area contributed by atoms with Gasteiger partial charge in [-0.25, -0.2) is 13.8 Å². The van der Waals surface area contributed by atoms with Crippen LogP contribution in [-0.2, 0) is 22.4 Å². The average Bonchev–Trinajstić information content (AvgIpc) is 3.28. The molecule has 9 heteroatoms. The number of imidazole rings is 1. The van der Waals surface area contributed by atoms with Crippen LogP contribution in [0.1, 0.15) is 50.3 Å². The number of hydrogen-bond acceptors (Lipinski definition) is 5. The molecule has 7 nitrogen and oxygen atoms in total. The van der Waals surface area contributed by atoms with E-state index in [2.05, 4.69) is 34.4 Å². The van der Waals surface area contributed by atoms with Crippen molar-refractivity contribution < 1.29 is 18.3 Å². The molecule has 0 fully saturated rings. The Morgan fingerprint density at radius 2 is 2.11 bits per heavy atom. The first-order valence-electron chi connectivity index (χ1n) is 12.3. The largest absolute Gasteiger partial charge is 0.384 e. The van der Waals surface area contributed by atoms with Gasteiger partial charge in [0.15, 0.2) is 0 Å². The van der Waals surface area contributed by atoms with Gasteiger partial charge in [0.1, 0.15) is 23.5 Å². The smallest absolute Gasteiger partial charge is 0.243 e. The molecule has 192 valence electrons. The minimum absolute atomic E-state index is 0.0452. The molecule has 35 heavy (non-hydrogen) atoms. The summed E-state index contributed by atoms with van der Waals surface area (Å²) >= 11 is 0. The lowest BCUT2D eigenvalue weighted by Crippen LogP contribution is -2.37. The summed E-state index contributed by atoms with van der Waals surface area (Å²) in [6.45, 7) is 9.77. The lowest BCUT2D eigenvalue weighted by molar-refractivity contribution is -0.124. The number of nitrogens with zero attached hydrogens (tertiary/aromatic N) is 2. The molecule has 1 aliphatic rings. The molecule has 1 unspecified atom stereocenters. The SMILES string of the molecule is C=C(CNC1CCc2cc(F)cc(F)c2C1)Nc1cn([C@@H](CC)C(=O)NC[C@H](CC)COC)cn1. The summed E-state index contributed by atoms with van der Waals surface area (Å²) in [6, 6.07) is 2.10. The molecule has 1 heterocycles. The number of rotatable bonds is 13. The first-order chi connectivity index (χ1) is 16.8. The highest BCUT2D eigenvalue weighted by atomic mass is 19.1. The van der Waals surface area contributed by atoms with Crippen LogP contribution in [0.3, 0.4) is 0 Å². The van der Waals surface area contributed by atoms with Gasteiger partial charge in [0.2, 0.25) is 5.91 Å². The monoisotopic (exact) mass is 489 g/mol. The highest BCUT2D eigenvalue weighted by molar-refractivity contribution is 5.80. The number of amides is 1. The van der Waals surface area contributed by atoms with Gasteiger partial charge in [-0.3, -0.25) is 4.79 Å². The Kier molecular flexibility index (Phi) is 9.80. The number of carbonyl (C=O) groups excluding carboxylic acids is 1. The Balaban J connectivity index is 1.49. The number of carbonyl (C=O) groups is 1. The summed E-state index contributed by atoms with van der Waals surface area (Å²) in [5.41, 5.74) is 2.05. The van der Waals surface area contributed by atoms with Gasteiger partial charge in [-0.15, -0.1) is 0 Å². The van der Waals surface area contributed by atoms with E-state index in [0.717, 1.165) is 24.5 Å². The van der Waals surface area contributed by atoms with E-state index in [1.165, 1.54) is 6.07 Å². The molecule has 0 saturated carbocycles. The van der Waals surface area contributed by atoms with Crippen LogP contribution in [-0.4, -0.2) is 48.3 Å². The van der Waals surface area contributed by atoms with Crippen molar-refractivity contribution in [3.05, 3.63) is 59.7 Å². The molecule has 0 bridgehead atoms. The maximum Gasteiger partial charge on any atom is 0.243 e. The second-order valence-corrected chi connectivity index (χ2v) is 9.18. The van der Waals surface area contributed by atoms with Crippen molar-refractivity contribution in [3.63, 3.8) is 0 Å². The molecule has 3 N–H and O–H groups in total. The maximum absolute atomic E-state index is 14.1. The zero-order valence-electron chi connectivity index (χ0n) is 20.9. The topological polar surface area (TPSA) is 80.2 Å². The normalized spacial score (nSPS) is 16.9. The van der Waals surface area contributed by atoms with Gasteiger partial charge in [-0.05, 0) is 55.2 Å². The number of aromatic nitrogens is 2. The Labute approximate surface area is 206 Å². The number of aryl methyl sites for hydroxylation is 1. The third-order valence-electron chi connectivity index (χ3n) is 6.57. The van der Waals surface area contributed by atoms with E-state index in [1.807, 2.05) is 6.92 Å². The Hall–Kier alpha value is -2.78. The van der Waals surface area contributed by atoms with Crippen LogP contribution in [0, 0.1) is 17.6 Å². The molecule has 1 aromatic carbocycles. The second-order valence-electron chi connectivity index (χ2n) is 9.18. The molecular weight excluding hydrogens is 452 g/mol. The van der Waals surface area contributed by atoms with Gasteiger partial charge in [0.05, 0.1) is 12.9 Å². The average molecular weight is 490 g/mol. The molecular formula is C26H37F2N5O2. The van der Waals surface area contributed by atoms with Gasteiger partial charge in [-0.2, -0.15) is 0 Å². The van der Waals surface area contributed by atoms with E-state index in [0.29, 0.717) is 56.0 Å².